The first-order chi connectivity index (χ1) is 10.3. The van der Waals surface area contributed by atoms with E-state index in [2.05, 4.69) is 20.1 Å². The van der Waals surface area contributed by atoms with Crippen LogP contribution in [0.4, 0.5) is 0 Å². The molecule has 3 atom stereocenters. The van der Waals surface area contributed by atoms with Gasteiger partial charge in [-0.1, -0.05) is 39.5 Å². The minimum absolute atomic E-state index is 0.0983. The van der Waals surface area contributed by atoms with Crippen LogP contribution < -0.4 is 0 Å². The molecule has 2 nitrogen and oxygen atoms in total. The Morgan fingerprint density at radius 1 is 1.41 bits per heavy atom. The molecule has 0 N–H and O–H groups in total. The van der Waals surface area contributed by atoms with Gasteiger partial charge in [-0.25, -0.2) is 0 Å². The van der Waals surface area contributed by atoms with E-state index in [0.29, 0.717) is 36.2 Å². The molecule has 3 unspecified atom stereocenters. The number of esters is 1. The molecule has 0 aromatic carbocycles. The lowest BCUT2D eigenvalue weighted by molar-refractivity contribution is -0.143. The number of allylic oxidation sites excluding steroid dienone is 1. The van der Waals surface area contributed by atoms with E-state index in [1.165, 1.54) is 37.7 Å². The molecule has 0 aromatic heterocycles. The zero-order valence-electron chi connectivity index (χ0n) is 14.6. The number of carbonyl (C=O) groups is 1. The molecule has 124 valence electrons. The fourth-order valence-corrected chi connectivity index (χ4v) is 4.27. The molecule has 2 saturated carbocycles. The third-order valence-corrected chi connectivity index (χ3v) is 5.73. The standard InChI is InChI=1S/C20H32O2/c1-14(2)11-19(21)22-13-16(4)17-8-10-20(5)9-6-7-15(3)18(20)12-17/h14,17-18H,3-4,6-13H2,1-2,5H3. The van der Waals surface area contributed by atoms with Crippen LogP contribution >= 0.6 is 0 Å². The van der Waals surface area contributed by atoms with Gasteiger partial charge in [-0.3, -0.25) is 4.79 Å². The fraction of sp³-hybridized carbons (Fsp3) is 0.750. The number of carbonyl (C=O) groups excluding carboxylic acids is 1. The fourth-order valence-electron chi connectivity index (χ4n) is 4.27. The molecular weight excluding hydrogens is 272 g/mol. The summed E-state index contributed by atoms with van der Waals surface area (Å²) in [5.41, 5.74) is 2.97. The quantitative estimate of drug-likeness (QED) is 0.509. The van der Waals surface area contributed by atoms with Crippen LogP contribution in [0, 0.1) is 23.2 Å². The summed E-state index contributed by atoms with van der Waals surface area (Å²) < 4.78 is 5.39. The van der Waals surface area contributed by atoms with Gasteiger partial charge in [0.2, 0.25) is 0 Å². The van der Waals surface area contributed by atoms with Crippen molar-refractivity contribution in [2.75, 3.05) is 6.61 Å². The number of hydrogen-bond acceptors (Lipinski definition) is 2. The molecule has 0 saturated heterocycles. The summed E-state index contributed by atoms with van der Waals surface area (Å²) >= 11 is 0. The van der Waals surface area contributed by atoms with Crippen LogP contribution in [-0.2, 0) is 9.53 Å². The highest BCUT2D eigenvalue weighted by Crippen LogP contribution is 2.54. The van der Waals surface area contributed by atoms with E-state index in [0.717, 1.165) is 12.0 Å². The van der Waals surface area contributed by atoms with Crippen LogP contribution in [0.15, 0.2) is 24.3 Å². The minimum atomic E-state index is -0.0983. The number of fused-ring (bicyclic) bond motifs is 1. The Morgan fingerprint density at radius 2 is 2.14 bits per heavy atom. The highest BCUT2D eigenvalue weighted by Gasteiger charge is 2.43. The van der Waals surface area contributed by atoms with Gasteiger partial charge in [0.25, 0.3) is 0 Å². The van der Waals surface area contributed by atoms with Crippen LogP contribution in [0.5, 0.6) is 0 Å². The van der Waals surface area contributed by atoms with Crippen molar-refractivity contribution in [3.05, 3.63) is 24.3 Å². The van der Waals surface area contributed by atoms with Gasteiger partial charge in [0.05, 0.1) is 0 Å². The predicted octanol–water partition coefficient (Wildman–Crippen LogP) is 5.29. The molecule has 0 bridgehead atoms. The zero-order valence-corrected chi connectivity index (χ0v) is 14.6. The predicted molar refractivity (Wildman–Crippen MR) is 91.5 cm³/mol. The molecule has 2 heteroatoms. The molecule has 2 rings (SSSR count). The lowest BCUT2D eigenvalue weighted by Gasteiger charge is -2.49. The maximum Gasteiger partial charge on any atom is 0.306 e. The monoisotopic (exact) mass is 304 g/mol. The van der Waals surface area contributed by atoms with Gasteiger partial charge in [0.15, 0.2) is 0 Å². The van der Waals surface area contributed by atoms with Gasteiger partial charge in [-0.2, -0.15) is 0 Å². The molecule has 0 amide bonds. The number of rotatable bonds is 5. The Balaban J connectivity index is 1.87. The second-order valence-electron chi connectivity index (χ2n) is 8.11. The summed E-state index contributed by atoms with van der Waals surface area (Å²) in [6.07, 6.45) is 7.89. The largest absolute Gasteiger partial charge is 0.461 e. The van der Waals surface area contributed by atoms with Crippen molar-refractivity contribution >= 4 is 5.97 Å². The summed E-state index contributed by atoms with van der Waals surface area (Å²) in [7, 11) is 0. The summed E-state index contributed by atoms with van der Waals surface area (Å²) in [6.45, 7) is 15.4. The highest BCUT2D eigenvalue weighted by molar-refractivity contribution is 5.69. The maximum absolute atomic E-state index is 11.7. The van der Waals surface area contributed by atoms with E-state index in [1.54, 1.807) is 0 Å². The smallest absolute Gasteiger partial charge is 0.306 e. The summed E-state index contributed by atoms with van der Waals surface area (Å²) in [5.74, 6) is 1.36. The molecule has 2 aliphatic carbocycles. The van der Waals surface area contributed by atoms with Gasteiger partial charge in [0.1, 0.15) is 6.61 Å². The maximum atomic E-state index is 11.7. The molecule has 0 radical (unpaired) electrons. The second kappa shape index (κ2) is 7.02. The molecule has 0 aromatic rings. The Labute approximate surface area is 136 Å². The van der Waals surface area contributed by atoms with Gasteiger partial charge in [-0.05, 0) is 67.3 Å². The van der Waals surface area contributed by atoms with Gasteiger partial charge >= 0.3 is 5.97 Å². The Bertz CT molecular complexity index is 449. The van der Waals surface area contributed by atoms with E-state index in [1.807, 2.05) is 13.8 Å². The molecular formula is C20H32O2. The molecule has 0 aliphatic heterocycles. The third kappa shape index (κ3) is 4.02. The van der Waals surface area contributed by atoms with Crippen LogP contribution in [0.2, 0.25) is 0 Å². The van der Waals surface area contributed by atoms with E-state index in [4.69, 9.17) is 4.74 Å². The second-order valence-corrected chi connectivity index (χ2v) is 8.11. The van der Waals surface area contributed by atoms with E-state index < -0.39 is 0 Å². The van der Waals surface area contributed by atoms with Gasteiger partial charge in [0, 0.05) is 6.42 Å². The Hall–Kier alpha value is -1.05. The molecule has 0 spiro atoms. The third-order valence-electron chi connectivity index (χ3n) is 5.73. The lowest BCUT2D eigenvalue weighted by Crippen LogP contribution is -2.38. The summed E-state index contributed by atoms with van der Waals surface area (Å²) in [4.78, 5) is 11.7. The van der Waals surface area contributed by atoms with Crippen LogP contribution in [-0.4, -0.2) is 12.6 Å². The van der Waals surface area contributed by atoms with Crippen LogP contribution in [0.25, 0.3) is 0 Å². The number of hydrogen-bond donors (Lipinski definition) is 0. The Morgan fingerprint density at radius 3 is 2.82 bits per heavy atom. The average molecular weight is 304 g/mol. The zero-order chi connectivity index (χ0) is 16.3. The van der Waals surface area contributed by atoms with E-state index in [9.17, 15) is 4.79 Å². The van der Waals surface area contributed by atoms with Crippen molar-refractivity contribution in [3.63, 3.8) is 0 Å². The molecule has 2 aliphatic rings. The average Bonchev–Trinajstić information content (AvgIpc) is 2.43. The molecule has 0 heterocycles. The topological polar surface area (TPSA) is 26.3 Å². The van der Waals surface area contributed by atoms with Crippen LogP contribution in [0.3, 0.4) is 0 Å². The van der Waals surface area contributed by atoms with Crippen LogP contribution in [0.1, 0.15) is 65.7 Å². The highest BCUT2D eigenvalue weighted by atomic mass is 16.5. The molecule has 22 heavy (non-hydrogen) atoms. The minimum Gasteiger partial charge on any atom is -0.461 e. The van der Waals surface area contributed by atoms with Crippen molar-refractivity contribution in [2.45, 2.75) is 65.7 Å². The van der Waals surface area contributed by atoms with Crippen molar-refractivity contribution < 1.29 is 9.53 Å². The van der Waals surface area contributed by atoms with E-state index >= 15 is 0 Å². The van der Waals surface area contributed by atoms with Crippen molar-refractivity contribution in [1.29, 1.82) is 0 Å². The van der Waals surface area contributed by atoms with Crippen molar-refractivity contribution in [2.24, 2.45) is 23.2 Å². The SMILES string of the molecule is C=C(COC(=O)CC(C)C)C1CCC2(C)CCCC(=C)C2C1. The van der Waals surface area contributed by atoms with Crippen molar-refractivity contribution in [3.8, 4) is 0 Å². The first kappa shape index (κ1) is 17.3. The summed E-state index contributed by atoms with van der Waals surface area (Å²) in [6, 6.07) is 0. The van der Waals surface area contributed by atoms with Crippen molar-refractivity contribution in [1.82, 2.24) is 0 Å². The first-order valence-electron chi connectivity index (χ1n) is 8.83. The Kier molecular flexibility index (Phi) is 5.52. The lowest BCUT2D eigenvalue weighted by atomic mass is 9.56. The van der Waals surface area contributed by atoms with E-state index in [-0.39, 0.29) is 5.97 Å². The van der Waals surface area contributed by atoms with Gasteiger partial charge in [-0.15, -0.1) is 0 Å². The summed E-state index contributed by atoms with van der Waals surface area (Å²) in [5, 5.41) is 0. The van der Waals surface area contributed by atoms with Gasteiger partial charge < -0.3 is 4.74 Å². The normalized spacial score (nSPS) is 31.7. The number of ether oxygens (including phenoxy) is 1. The first-order valence-corrected chi connectivity index (χ1v) is 8.83. The molecule has 2 fully saturated rings.